The summed E-state index contributed by atoms with van der Waals surface area (Å²) in [5, 5.41) is 8.77. The molecule has 5 nitrogen and oxygen atoms in total. The Labute approximate surface area is 147 Å². The molecule has 1 N–H and O–H groups in total. The van der Waals surface area contributed by atoms with Gasteiger partial charge in [0.1, 0.15) is 0 Å². The van der Waals surface area contributed by atoms with Crippen LogP contribution in [0.4, 0.5) is 0 Å². The summed E-state index contributed by atoms with van der Waals surface area (Å²) in [6.45, 7) is 20.8. The van der Waals surface area contributed by atoms with Crippen LogP contribution >= 0.6 is 0 Å². The van der Waals surface area contributed by atoms with E-state index in [1.807, 2.05) is 0 Å². The highest BCUT2D eigenvalue weighted by Crippen LogP contribution is 2.27. The van der Waals surface area contributed by atoms with Crippen molar-refractivity contribution in [1.82, 2.24) is 0 Å². The molecule has 1 unspecified atom stereocenters. The molecule has 0 aromatic rings. The highest BCUT2D eigenvalue weighted by molar-refractivity contribution is 6.89. The molecular formula is C14H38O5Si4. The first-order chi connectivity index (χ1) is 10.2. The van der Waals surface area contributed by atoms with Crippen molar-refractivity contribution in [1.29, 1.82) is 0 Å². The molecule has 0 fully saturated rings. The molecule has 0 aromatic carbocycles. The van der Waals surface area contributed by atoms with Gasteiger partial charge in [0.05, 0.1) is 13.2 Å². The molecule has 0 heterocycles. The summed E-state index contributed by atoms with van der Waals surface area (Å²) >= 11 is 0. The fourth-order valence-electron chi connectivity index (χ4n) is 2.71. The molecule has 0 aliphatic heterocycles. The van der Waals surface area contributed by atoms with E-state index in [1.54, 1.807) is 0 Å². The van der Waals surface area contributed by atoms with Gasteiger partial charge in [-0.15, -0.1) is 0 Å². The normalized spacial score (nSPS) is 16.4. The van der Waals surface area contributed by atoms with Gasteiger partial charge in [-0.25, -0.2) is 0 Å². The van der Waals surface area contributed by atoms with E-state index < -0.39 is 33.8 Å². The highest BCUT2D eigenvalue weighted by atomic mass is 28.5. The molecule has 0 aliphatic carbocycles. The van der Waals surface area contributed by atoms with Crippen molar-refractivity contribution in [2.24, 2.45) is 0 Å². The van der Waals surface area contributed by atoms with E-state index in [1.165, 1.54) is 0 Å². The minimum absolute atomic E-state index is 0.0700. The maximum absolute atomic E-state index is 8.77. The zero-order valence-electron chi connectivity index (χ0n) is 16.6. The Morgan fingerprint density at radius 3 is 1.65 bits per heavy atom. The van der Waals surface area contributed by atoms with Crippen molar-refractivity contribution < 1.29 is 22.2 Å². The summed E-state index contributed by atoms with van der Waals surface area (Å²) in [7, 11) is -7.84. The summed E-state index contributed by atoms with van der Waals surface area (Å²) in [6, 6.07) is 0.897. The fraction of sp³-hybridized carbons (Fsp3) is 1.00. The Morgan fingerprint density at radius 2 is 1.22 bits per heavy atom. The summed E-state index contributed by atoms with van der Waals surface area (Å²) in [6.07, 6.45) is 0.893. The summed E-state index contributed by atoms with van der Waals surface area (Å²) in [5.74, 6) is 0. The van der Waals surface area contributed by atoms with Gasteiger partial charge in [0, 0.05) is 6.61 Å². The summed E-state index contributed by atoms with van der Waals surface area (Å²) in [5.41, 5.74) is 0. The van der Waals surface area contributed by atoms with Crippen molar-refractivity contribution in [2.45, 2.75) is 71.4 Å². The smallest absolute Gasteiger partial charge is 0.315 e. The van der Waals surface area contributed by atoms with Gasteiger partial charge in [-0.05, 0) is 71.4 Å². The topological polar surface area (TPSA) is 57.2 Å². The van der Waals surface area contributed by atoms with Gasteiger partial charge in [0.15, 0.2) is 16.6 Å². The lowest BCUT2D eigenvalue weighted by Gasteiger charge is -2.41. The van der Waals surface area contributed by atoms with Crippen molar-refractivity contribution in [3.63, 3.8) is 0 Å². The average Bonchev–Trinajstić information content (AvgIpc) is 2.20. The van der Waals surface area contributed by atoms with Gasteiger partial charge < -0.3 is 22.2 Å². The van der Waals surface area contributed by atoms with E-state index in [0.717, 1.165) is 12.5 Å². The monoisotopic (exact) mass is 398 g/mol. The molecule has 0 amide bonds. The second-order valence-corrected chi connectivity index (χ2v) is 25.0. The third kappa shape index (κ3) is 13.6. The maximum atomic E-state index is 8.77. The summed E-state index contributed by atoms with van der Waals surface area (Å²) < 4.78 is 24.8. The van der Waals surface area contributed by atoms with E-state index in [0.29, 0.717) is 13.2 Å². The van der Waals surface area contributed by atoms with E-state index in [-0.39, 0.29) is 6.61 Å². The standard InChI is InChI=1S/C14H38O5Si4/c1-20(2,3)17-22(7,8)19-23(9,18-21(4,5)6)14-10-12-16-13-11-15/h15H,10-14H2,1-9H3. The Balaban J connectivity index is 4.84. The van der Waals surface area contributed by atoms with Gasteiger partial charge in [-0.2, -0.15) is 0 Å². The van der Waals surface area contributed by atoms with E-state index in [4.69, 9.17) is 22.2 Å². The van der Waals surface area contributed by atoms with Crippen molar-refractivity contribution in [2.75, 3.05) is 19.8 Å². The van der Waals surface area contributed by atoms with Gasteiger partial charge in [-0.1, -0.05) is 0 Å². The molecule has 0 aliphatic rings. The number of hydrogen-bond donors (Lipinski definition) is 1. The van der Waals surface area contributed by atoms with E-state index in [9.17, 15) is 0 Å². The Hall–Kier alpha value is 0.668. The lowest BCUT2D eigenvalue weighted by atomic mass is 10.5. The summed E-state index contributed by atoms with van der Waals surface area (Å²) in [4.78, 5) is 0. The van der Waals surface area contributed by atoms with Crippen molar-refractivity contribution in [3.05, 3.63) is 0 Å². The van der Waals surface area contributed by atoms with Gasteiger partial charge in [0.2, 0.25) is 0 Å². The second kappa shape index (κ2) is 9.39. The third-order valence-electron chi connectivity index (χ3n) is 2.69. The molecule has 0 radical (unpaired) electrons. The molecular weight excluding hydrogens is 360 g/mol. The van der Waals surface area contributed by atoms with Gasteiger partial charge in [-0.3, -0.25) is 0 Å². The molecule has 0 rings (SSSR count). The van der Waals surface area contributed by atoms with Gasteiger partial charge >= 0.3 is 17.1 Å². The number of ether oxygens (including phenoxy) is 1. The average molecular weight is 399 g/mol. The molecule has 140 valence electrons. The van der Waals surface area contributed by atoms with Crippen LogP contribution in [0.1, 0.15) is 6.42 Å². The second-order valence-electron chi connectivity index (χ2n) is 8.50. The maximum Gasteiger partial charge on any atom is 0.315 e. The third-order valence-corrected chi connectivity index (χ3v) is 16.2. The Bertz CT molecular complexity index is 341. The first-order valence-electron chi connectivity index (χ1n) is 8.47. The number of rotatable bonds is 12. The molecule has 0 saturated carbocycles. The van der Waals surface area contributed by atoms with Crippen LogP contribution in [0.5, 0.6) is 0 Å². The largest absolute Gasteiger partial charge is 0.437 e. The van der Waals surface area contributed by atoms with E-state index >= 15 is 0 Å². The van der Waals surface area contributed by atoms with Crippen molar-refractivity contribution in [3.8, 4) is 0 Å². The Morgan fingerprint density at radius 1 is 0.696 bits per heavy atom. The zero-order chi connectivity index (χ0) is 18.4. The van der Waals surface area contributed by atoms with Crippen LogP contribution in [0, 0.1) is 0 Å². The van der Waals surface area contributed by atoms with Crippen LogP contribution in [0.15, 0.2) is 0 Å². The first-order valence-corrected chi connectivity index (χ1v) is 20.6. The zero-order valence-corrected chi connectivity index (χ0v) is 20.6. The van der Waals surface area contributed by atoms with Gasteiger partial charge in [0.25, 0.3) is 0 Å². The van der Waals surface area contributed by atoms with E-state index in [2.05, 4.69) is 58.9 Å². The van der Waals surface area contributed by atoms with Crippen LogP contribution < -0.4 is 0 Å². The van der Waals surface area contributed by atoms with Crippen LogP contribution in [-0.4, -0.2) is 58.7 Å². The lowest BCUT2D eigenvalue weighted by molar-refractivity contribution is 0.0918. The molecule has 0 aromatic heterocycles. The molecule has 0 bridgehead atoms. The fourth-order valence-corrected chi connectivity index (χ4v) is 20.6. The molecule has 23 heavy (non-hydrogen) atoms. The van der Waals surface area contributed by atoms with Crippen LogP contribution in [0.2, 0.25) is 65.0 Å². The molecule has 0 saturated heterocycles. The lowest BCUT2D eigenvalue weighted by Crippen LogP contribution is -2.56. The quantitative estimate of drug-likeness (QED) is 0.399. The molecule has 9 heteroatoms. The predicted molar refractivity (Wildman–Crippen MR) is 106 cm³/mol. The first kappa shape index (κ1) is 23.7. The van der Waals surface area contributed by atoms with Crippen molar-refractivity contribution >= 4 is 33.8 Å². The molecule has 0 spiro atoms. The minimum atomic E-state index is -2.30. The number of aliphatic hydroxyl groups excluding tert-OH is 1. The van der Waals surface area contributed by atoms with Crippen LogP contribution in [0.3, 0.4) is 0 Å². The van der Waals surface area contributed by atoms with Crippen LogP contribution in [0.25, 0.3) is 0 Å². The highest BCUT2D eigenvalue weighted by Gasteiger charge is 2.44. The SMILES string of the molecule is C[Si](C)(C)O[Si](C)(C)O[Si](C)(CCCOCCO)O[Si](C)(C)C. The predicted octanol–water partition coefficient (Wildman–Crippen LogP) is 3.88. The molecule has 1 atom stereocenters. The van der Waals surface area contributed by atoms with Crippen LogP contribution in [-0.2, 0) is 17.1 Å². The Kier molecular flexibility index (Phi) is 9.66. The minimum Gasteiger partial charge on any atom is -0.437 e. The number of hydrogen-bond acceptors (Lipinski definition) is 5. The number of aliphatic hydroxyl groups is 1.